The van der Waals surface area contributed by atoms with Crippen molar-refractivity contribution >= 4 is 28.2 Å². The molecule has 0 aliphatic heterocycles. The summed E-state index contributed by atoms with van der Waals surface area (Å²) in [7, 11) is 0. The number of benzene rings is 2. The Labute approximate surface area is 168 Å². The molecule has 0 unspecified atom stereocenters. The van der Waals surface area contributed by atoms with E-state index in [1.807, 2.05) is 42.5 Å². The molecule has 5 heteroatoms. The Morgan fingerprint density at radius 3 is 2.39 bits per heavy atom. The first kappa shape index (κ1) is 18.4. The van der Waals surface area contributed by atoms with Gasteiger partial charge in [-0.05, 0) is 54.0 Å². The number of nitrogens with two attached hydrogens (primary N) is 1. The van der Waals surface area contributed by atoms with Crippen LogP contribution in [-0.2, 0) is 12.8 Å². The van der Waals surface area contributed by atoms with E-state index in [1.165, 1.54) is 16.2 Å². The topological polar surface area (TPSA) is 72.2 Å². The number of thiophene rings is 1. The lowest BCUT2D eigenvalue weighted by Crippen LogP contribution is -2.19. The van der Waals surface area contributed by atoms with Gasteiger partial charge < -0.3 is 11.1 Å². The second kappa shape index (κ2) is 7.60. The Kier molecular flexibility index (Phi) is 5.01. The highest BCUT2D eigenvalue weighted by Crippen LogP contribution is 2.39. The van der Waals surface area contributed by atoms with E-state index in [9.17, 15) is 9.59 Å². The van der Waals surface area contributed by atoms with E-state index in [4.69, 9.17) is 5.73 Å². The quantitative estimate of drug-likeness (QED) is 0.666. The number of hydrogen-bond donors (Lipinski definition) is 2. The van der Waals surface area contributed by atoms with E-state index in [0.29, 0.717) is 22.0 Å². The third-order valence-electron chi connectivity index (χ3n) is 5.24. The maximum absolute atomic E-state index is 12.8. The first-order valence-corrected chi connectivity index (χ1v) is 10.3. The van der Waals surface area contributed by atoms with Crippen LogP contribution < -0.4 is 11.1 Å². The zero-order valence-electron chi connectivity index (χ0n) is 15.7. The molecule has 2 aromatic carbocycles. The fraction of sp³-hybridized carbons (Fsp3) is 0.217. The van der Waals surface area contributed by atoms with Gasteiger partial charge in [0.25, 0.3) is 11.8 Å². The summed E-state index contributed by atoms with van der Waals surface area (Å²) >= 11 is 1.48. The molecule has 28 heavy (non-hydrogen) atoms. The Balaban J connectivity index is 1.58. The summed E-state index contributed by atoms with van der Waals surface area (Å²) < 4.78 is 0. The molecule has 4 nitrogen and oxygen atoms in total. The van der Waals surface area contributed by atoms with Crippen LogP contribution in [0.2, 0.25) is 0 Å². The van der Waals surface area contributed by atoms with Crippen molar-refractivity contribution in [3.8, 4) is 11.1 Å². The van der Waals surface area contributed by atoms with Gasteiger partial charge in [-0.3, -0.25) is 9.59 Å². The van der Waals surface area contributed by atoms with Gasteiger partial charge >= 0.3 is 0 Å². The van der Waals surface area contributed by atoms with Crippen LogP contribution in [0.15, 0.2) is 54.6 Å². The zero-order valence-corrected chi connectivity index (χ0v) is 16.5. The number of anilines is 1. The number of carbonyl (C=O) groups excluding carboxylic acids is 2. The van der Waals surface area contributed by atoms with Gasteiger partial charge in [-0.25, -0.2) is 0 Å². The highest BCUT2D eigenvalue weighted by Gasteiger charge is 2.27. The SMILES string of the molecule is C[C@H]1CCc2c(sc(NC(=O)c3ccc(-c4ccccc4)cc3)c2C(N)=O)C1. The largest absolute Gasteiger partial charge is 0.365 e. The summed E-state index contributed by atoms with van der Waals surface area (Å²) in [6.45, 7) is 2.21. The number of carbonyl (C=O) groups is 2. The smallest absolute Gasteiger partial charge is 0.256 e. The third-order valence-corrected chi connectivity index (χ3v) is 6.41. The van der Waals surface area contributed by atoms with Gasteiger partial charge in [0.1, 0.15) is 5.00 Å². The summed E-state index contributed by atoms with van der Waals surface area (Å²) in [5, 5.41) is 3.49. The van der Waals surface area contributed by atoms with Crippen molar-refractivity contribution in [1.82, 2.24) is 0 Å². The van der Waals surface area contributed by atoms with Crippen LogP contribution in [0, 0.1) is 5.92 Å². The van der Waals surface area contributed by atoms with Gasteiger partial charge in [-0.2, -0.15) is 0 Å². The molecule has 3 N–H and O–H groups in total. The summed E-state index contributed by atoms with van der Waals surface area (Å²) in [4.78, 5) is 26.0. The fourth-order valence-corrected chi connectivity index (χ4v) is 5.13. The Morgan fingerprint density at radius 1 is 1.04 bits per heavy atom. The number of rotatable bonds is 4. The molecule has 1 atom stereocenters. The molecular weight excluding hydrogens is 368 g/mol. The van der Waals surface area contributed by atoms with E-state index in [2.05, 4.69) is 12.2 Å². The average molecular weight is 391 g/mol. The Morgan fingerprint density at radius 2 is 1.71 bits per heavy atom. The van der Waals surface area contributed by atoms with Crippen molar-refractivity contribution in [1.29, 1.82) is 0 Å². The van der Waals surface area contributed by atoms with Crippen molar-refractivity contribution in [3.63, 3.8) is 0 Å². The maximum atomic E-state index is 12.8. The number of primary amides is 1. The predicted octanol–water partition coefficient (Wildman–Crippen LogP) is 4.89. The molecule has 0 spiro atoms. The number of nitrogens with one attached hydrogen (secondary N) is 1. The minimum absolute atomic E-state index is 0.228. The Hall–Kier alpha value is -2.92. The molecule has 1 heterocycles. The molecule has 3 aromatic rings. The molecule has 4 rings (SSSR count). The van der Waals surface area contributed by atoms with Gasteiger partial charge in [-0.15, -0.1) is 11.3 Å². The second-order valence-corrected chi connectivity index (χ2v) is 8.42. The van der Waals surface area contributed by atoms with Gasteiger partial charge in [0.15, 0.2) is 0 Å². The highest BCUT2D eigenvalue weighted by atomic mass is 32.1. The first-order valence-electron chi connectivity index (χ1n) is 9.44. The first-order chi connectivity index (χ1) is 13.5. The molecule has 1 aromatic heterocycles. The predicted molar refractivity (Wildman–Crippen MR) is 114 cm³/mol. The van der Waals surface area contributed by atoms with Gasteiger partial charge in [-0.1, -0.05) is 49.4 Å². The molecule has 0 fully saturated rings. The summed E-state index contributed by atoms with van der Waals surface area (Å²) in [6.07, 6.45) is 2.81. The lowest BCUT2D eigenvalue weighted by atomic mass is 9.88. The normalized spacial score (nSPS) is 15.7. The maximum Gasteiger partial charge on any atom is 0.256 e. The van der Waals surface area contributed by atoms with Crippen molar-refractivity contribution in [2.75, 3.05) is 5.32 Å². The van der Waals surface area contributed by atoms with Crippen LogP contribution in [0.1, 0.15) is 44.5 Å². The van der Waals surface area contributed by atoms with Crippen LogP contribution in [-0.4, -0.2) is 11.8 Å². The van der Waals surface area contributed by atoms with E-state index < -0.39 is 5.91 Å². The molecule has 0 radical (unpaired) electrons. The fourth-order valence-electron chi connectivity index (χ4n) is 3.72. The molecular formula is C23H22N2O2S. The molecule has 142 valence electrons. The van der Waals surface area contributed by atoms with Crippen molar-refractivity contribution in [2.45, 2.75) is 26.2 Å². The molecule has 0 saturated carbocycles. The summed E-state index contributed by atoms with van der Waals surface area (Å²) in [6, 6.07) is 17.5. The lowest BCUT2D eigenvalue weighted by molar-refractivity contribution is 0.1000. The lowest BCUT2D eigenvalue weighted by Gasteiger charge is -2.18. The molecule has 1 aliphatic carbocycles. The number of hydrogen-bond acceptors (Lipinski definition) is 3. The van der Waals surface area contributed by atoms with Crippen molar-refractivity contribution < 1.29 is 9.59 Å². The highest BCUT2D eigenvalue weighted by molar-refractivity contribution is 7.17. The standard InChI is InChI=1S/C23H22N2O2S/c1-14-7-12-18-19(13-14)28-23(20(18)21(24)26)25-22(27)17-10-8-16(9-11-17)15-5-3-2-4-6-15/h2-6,8-11,14H,7,12-13H2,1H3,(H2,24,26)(H,25,27)/t14-/m0/s1. The molecule has 0 bridgehead atoms. The van der Waals surface area contributed by atoms with E-state index in [1.54, 1.807) is 12.1 Å². The minimum atomic E-state index is -0.471. The average Bonchev–Trinajstić information content (AvgIpc) is 3.05. The third kappa shape index (κ3) is 3.58. The van der Waals surface area contributed by atoms with E-state index in [0.717, 1.165) is 36.0 Å². The molecule has 0 saturated heterocycles. The van der Waals surface area contributed by atoms with Gasteiger partial charge in [0.05, 0.1) is 5.56 Å². The van der Waals surface area contributed by atoms with Crippen molar-refractivity contribution in [3.05, 3.63) is 76.2 Å². The monoisotopic (exact) mass is 390 g/mol. The van der Waals surface area contributed by atoms with Crippen LogP contribution in [0.4, 0.5) is 5.00 Å². The van der Waals surface area contributed by atoms with Crippen LogP contribution in [0.3, 0.4) is 0 Å². The second-order valence-electron chi connectivity index (χ2n) is 7.32. The van der Waals surface area contributed by atoms with Crippen LogP contribution in [0.5, 0.6) is 0 Å². The summed E-state index contributed by atoms with van der Waals surface area (Å²) in [5.74, 6) is -0.114. The van der Waals surface area contributed by atoms with E-state index >= 15 is 0 Å². The van der Waals surface area contributed by atoms with Gasteiger partial charge in [0.2, 0.25) is 0 Å². The molecule has 2 amide bonds. The molecule has 1 aliphatic rings. The minimum Gasteiger partial charge on any atom is -0.365 e. The Bertz CT molecular complexity index is 1020. The number of fused-ring (bicyclic) bond motifs is 1. The van der Waals surface area contributed by atoms with Crippen molar-refractivity contribution in [2.24, 2.45) is 11.7 Å². The zero-order chi connectivity index (χ0) is 19.7. The summed E-state index contributed by atoms with van der Waals surface area (Å²) in [5.41, 5.74) is 9.84. The van der Waals surface area contributed by atoms with Crippen LogP contribution in [0.25, 0.3) is 11.1 Å². The number of amides is 2. The van der Waals surface area contributed by atoms with Gasteiger partial charge in [0, 0.05) is 10.4 Å². The van der Waals surface area contributed by atoms with E-state index in [-0.39, 0.29) is 5.91 Å². The van der Waals surface area contributed by atoms with Crippen LogP contribution >= 0.6 is 11.3 Å².